The van der Waals surface area contributed by atoms with Crippen LogP contribution in [-0.2, 0) is 0 Å². The van der Waals surface area contributed by atoms with E-state index in [1.54, 1.807) is 0 Å². The fourth-order valence-electron chi connectivity index (χ4n) is 2.32. The molecular weight excluding hydrogens is 236 g/mol. The Kier molecular flexibility index (Phi) is 4.69. The lowest BCUT2D eigenvalue weighted by atomic mass is 9.99. The van der Waals surface area contributed by atoms with Crippen LogP contribution in [0.3, 0.4) is 0 Å². The zero-order valence-electron chi connectivity index (χ0n) is 11.3. The van der Waals surface area contributed by atoms with Crippen LogP contribution >= 0.6 is 0 Å². The van der Waals surface area contributed by atoms with Crippen LogP contribution in [0.2, 0.25) is 0 Å². The lowest BCUT2D eigenvalue weighted by Crippen LogP contribution is -1.97. The molecule has 0 aliphatic rings. The molecule has 1 N–H and O–H groups in total. The van der Waals surface area contributed by atoms with Crippen molar-refractivity contribution in [2.45, 2.75) is 38.7 Å². The summed E-state index contributed by atoms with van der Waals surface area (Å²) in [6, 6.07) is 11.5. The molecule has 2 rings (SSSR count). The SMILES string of the molecule is CCCCCC(O)c1ccc2cc(C=O)ccc2c1. The number of hydrogen-bond donors (Lipinski definition) is 1. The van der Waals surface area contributed by atoms with Gasteiger partial charge in [0.2, 0.25) is 0 Å². The highest BCUT2D eigenvalue weighted by atomic mass is 16.3. The van der Waals surface area contributed by atoms with E-state index < -0.39 is 0 Å². The van der Waals surface area contributed by atoms with E-state index in [0.717, 1.165) is 41.9 Å². The fourth-order valence-corrected chi connectivity index (χ4v) is 2.32. The third kappa shape index (κ3) is 3.42. The zero-order valence-corrected chi connectivity index (χ0v) is 11.3. The molecule has 0 radical (unpaired) electrons. The summed E-state index contributed by atoms with van der Waals surface area (Å²) in [5, 5.41) is 12.3. The van der Waals surface area contributed by atoms with Gasteiger partial charge in [0.25, 0.3) is 0 Å². The first kappa shape index (κ1) is 13.8. The summed E-state index contributed by atoms with van der Waals surface area (Å²) in [6.07, 6.45) is 4.66. The molecule has 2 aromatic carbocycles. The van der Waals surface area contributed by atoms with E-state index in [1.165, 1.54) is 6.42 Å². The molecule has 2 heteroatoms. The number of fused-ring (bicyclic) bond motifs is 1. The molecule has 2 nitrogen and oxygen atoms in total. The monoisotopic (exact) mass is 256 g/mol. The molecule has 0 amide bonds. The predicted octanol–water partition coefficient (Wildman–Crippen LogP) is 4.27. The quantitative estimate of drug-likeness (QED) is 0.619. The summed E-state index contributed by atoms with van der Waals surface area (Å²) in [5.74, 6) is 0. The number of unbranched alkanes of at least 4 members (excludes halogenated alkanes) is 2. The number of aldehydes is 1. The molecule has 0 bridgehead atoms. The Morgan fingerprint density at radius 1 is 1.11 bits per heavy atom. The van der Waals surface area contributed by atoms with E-state index in [2.05, 4.69) is 6.92 Å². The number of benzene rings is 2. The molecule has 0 saturated heterocycles. The van der Waals surface area contributed by atoms with Gasteiger partial charge in [0, 0.05) is 5.56 Å². The van der Waals surface area contributed by atoms with Crippen LogP contribution in [0, 0.1) is 0 Å². The van der Waals surface area contributed by atoms with Crippen molar-refractivity contribution in [1.29, 1.82) is 0 Å². The highest BCUT2D eigenvalue weighted by Gasteiger charge is 2.07. The van der Waals surface area contributed by atoms with E-state index in [9.17, 15) is 9.90 Å². The minimum absolute atomic E-state index is 0.387. The van der Waals surface area contributed by atoms with Crippen LogP contribution in [0.5, 0.6) is 0 Å². The Morgan fingerprint density at radius 2 is 1.84 bits per heavy atom. The fraction of sp³-hybridized carbons (Fsp3) is 0.353. The number of hydrogen-bond acceptors (Lipinski definition) is 2. The molecule has 19 heavy (non-hydrogen) atoms. The van der Waals surface area contributed by atoms with Gasteiger partial charge in [-0.15, -0.1) is 0 Å². The summed E-state index contributed by atoms with van der Waals surface area (Å²) in [6.45, 7) is 2.16. The van der Waals surface area contributed by atoms with E-state index >= 15 is 0 Å². The number of aliphatic hydroxyl groups is 1. The molecule has 1 atom stereocenters. The molecule has 100 valence electrons. The van der Waals surface area contributed by atoms with Gasteiger partial charge in [-0.05, 0) is 34.9 Å². The van der Waals surface area contributed by atoms with Crippen molar-refractivity contribution < 1.29 is 9.90 Å². The second-order valence-corrected chi connectivity index (χ2v) is 5.00. The van der Waals surface area contributed by atoms with Gasteiger partial charge in [-0.25, -0.2) is 0 Å². The van der Waals surface area contributed by atoms with Gasteiger partial charge in [-0.2, -0.15) is 0 Å². The maximum absolute atomic E-state index is 10.7. The number of carbonyl (C=O) groups excluding carboxylic acids is 1. The predicted molar refractivity (Wildman–Crippen MR) is 78.4 cm³/mol. The molecule has 0 aliphatic carbocycles. The van der Waals surface area contributed by atoms with Gasteiger partial charge >= 0.3 is 0 Å². The zero-order chi connectivity index (χ0) is 13.7. The summed E-state index contributed by atoms with van der Waals surface area (Å²) < 4.78 is 0. The molecule has 0 spiro atoms. The minimum Gasteiger partial charge on any atom is -0.388 e. The van der Waals surface area contributed by atoms with Crippen molar-refractivity contribution in [3.05, 3.63) is 47.5 Å². The number of aliphatic hydroxyl groups excluding tert-OH is 1. The molecular formula is C17H20O2. The van der Waals surface area contributed by atoms with Crippen molar-refractivity contribution in [2.75, 3.05) is 0 Å². The number of rotatable bonds is 6. The highest BCUT2D eigenvalue weighted by Crippen LogP contribution is 2.24. The standard InChI is InChI=1S/C17H20O2/c1-2-3-4-5-17(19)16-9-8-14-10-13(12-18)6-7-15(14)11-16/h6-12,17,19H,2-5H2,1H3. The van der Waals surface area contributed by atoms with Crippen molar-refractivity contribution >= 4 is 17.1 Å². The maximum atomic E-state index is 10.7. The number of carbonyl (C=O) groups is 1. The lowest BCUT2D eigenvalue weighted by Gasteiger charge is -2.11. The van der Waals surface area contributed by atoms with Crippen molar-refractivity contribution in [3.8, 4) is 0 Å². The molecule has 0 fully saturated rings. The van der Waals surface area contributed by atoms with Crippen LogP contribution in [0.15, 0.2) is 36.4 Å². The van der Waals surface area contributed by atoms with E-state index in [1.807, 2.05) is 36.4 Å². The van der Waals surface area contributed by atoms with E-state index in [0.29, 0.717) is 5.56 Å². The smallest absolute Gasteiger partial charge is 0.150 e. The first-order valence-corrected chi connectivity index (χ1v) is 6.91. The summed E-state index contributed by atoms with van der Waals surface area (Å²) in [7, 11) is 0. The van der Waals surface area contributed by atoms with E-state index in [4.69, 9.17) is 0 Å². The van der Waals surface area contributed by atoms with Crippen LogP contribution < -0.4 is 0 Å². The summed E-state index contributed by atoms with van der Waals surface area (Å²) in [5.41, 5.74) is 1.64. The first-order valence-electron chi connectivity index (χ1n) is 6.91. The van der Waals surface area contributed by atoms with Crippen molar-refractivity contribution in [2.24, 2.45) is 0 Å². The van der Waals surface area contributed by atoms with Crippen LogP contribution in [-0.4, -0.2) is 11.4 Å². The Hall–Kier alpha value is -1.67. The van der Waals surface area contributed by atoms with Crippen molar-refractivity contribution in [1.82, 2.24) is 0 Å². The van der Waals surface area contributed by atoms with Crippen LogP contribution in [0.1, 0.15) is 54.6 Å². The Balaban J connectivity index is 2.19. The largest absolute Gasteiger partial charge is 0.388 e. The van der Waals surface area contributed by atoms with Gasteiger partial charge in [0.05, 0.1) is 6.10 Å². The van der Waals surface area contributed by atoms with Gasteiger partial charge in [-0.3, -0.25) is 4.79 Å². The summed E-state index contributed by atoms with van der Waals surface area (Å²) in [4.78, 5) is 10.7. The van der Waals surface area contributed by atoms with Crippen molar-refractivity contribution in [3.63, 3.8) is 0 Å². The molecule has 0 aliphatic heterocycles. The highest BCUT2D eigenvalue weighted by molar-refractivity contribution is 5.89. The molecule has 1 unspecified atom stereocenters. The van der Waals surface area contributed by atoms with Gasteiger partial charge in [0.15, 0.2) is 0 Å². The minimum atomic E-state index is -0.387. The molecule has 0 heterocycles. The lowest BCUT2D eigenvalue weighted by molar-refractivity contribution is 0.112. The third-order valence-electron chi connectivity index (χ3n) is 3.49. The average molecular weight is 256 g/mol. The maximum Gasteiger partial charge on any atom is 0.150 e. The van der Waals surface area contributed by atoms with Crippen LogP contribution in [0.4, 0.5) is 0 Å². The Bertz CT molecular complexity index is 560. The second kappa shape index (κ2) is 6.48. The second-order valence-electron chi connectivity index (χ2n) is 5.00. The van der Waals surface area contributed by atoms with Gasteiger partial charge in [0.1, 0.15) is 6.29 Å². The van der Waals surface area contributed by atoms with E-state index in [-0.39, 0.29) is 6.10 Å². The Morgan fingerprint density at radius 3 is 2.58 bits per heavy atom. The normalized spacial score (nSPS) is 12.5. The molecule has 0 saturated carbocycles. The Labute approximate surface area is 114 Å². The average Bonchev–Trinajstić information content (AvgIpc) is 2.46. The molecule has 2 aromatic rings. The third-order valence-corrected chi connectivity index (χ3v) is 3.49. The first-order chi connectivity index (χ1) is 9.24. The van der Waals surface area contributed by atoms with Gasteiger partial charge < -0.3 is 5.11 Å². The van der Waals surface area contributed by atoms with Gasteiger partial charge in [-0.1, -0.05) is 50.5 Å². The summed E-state index contributed by atoms with van der Waals surface area (Å²) >= 11 is 0. The molecule has 0 aromatic heterocycles. The van der Waals surface area contributed by atoms with Crippen LogP contribution in [0.25, 0.3) is 10.8 Å². The topological polar surface area (TPSA) is 37.3 Å².